The zero-order chi connectivity index (χ0) is 15.2. The summed E-state index contributed by atoms with van der Waals surface area (Å²) in [6.07, 6.45) is 1.72. The van der Waals surface area contributed by atoms with E-state index in [9.17, 15) is 4.79 Å². The smallest absolute Gasteiger partial charge is 0.238 e. The number of nitrogens with one attached hydrogen (secondary N) is 2. The molecule has 0 unspecified atom stereocenters. The van der Waals surface area contributed by atoms with E-state index in [1.807, 2.05) is 18.2 Å². The van der Waals surface area contributed by atoms with Crippen LogP contribution in [-0.4, -0.2) is 26.1 Å². The van der Waals surface area contributed by atoms with Gasteiger partial charge in [-0.15, -0.1) is 6.58 Å². The molecule has 0 saturated heterocycles. The standard InChI is InChI=1S/C16H24N2O2/c1-6-9-17-11-15(19)18-13-10-12(16(2,3)4)7-8-14(13)20-5/h6-8,10,17H,1,9,11H2,2-5H3,(H,18,19). The van der Waals surface area contributed by atoms with Crippen LogP contribution in [-0.2, 0) is 10.2 Å². The third kappa shape index (κ3) is 4.70. The van der Waals surface area contributed by atoms with Crippen LogP contribution in [0.3, 0.4) is 0 Å². The fraction of sp³-hybridized carbons (Fsp3) is 0.438. The Kier molecular flexibility index (Phi) is 5.77. The van der Waals surface area contributed by atoms with E-state index in [-0.39, 0.29) is 17.9 Å². The van der Waals surface area contributed by atoms with Crippen LogP contribution in [0.25, 0.3) is 0 Å². The number of carbonyl (C=O) groups is 1. The molecule has 0 bridgehead atoms. The lowest BCUT2D eigenvalue weighted by Crippen LogP contribution is -2.28. The molecule has 1 rings (SSSR count). The maximum absolute atomic E-state index is 11.9. The number of hydrogen-bond acceptors (Lipinski definition) is 3. The molecule has 0 aromatic heterocycles. The fourth-order valence-electron chi connectivity index (χ4n) is 1.75. The van der Waals surface area contributed by atoms with Gasteiger partial charge in [-0.05, 0) is 23.1 Å². The van der Waals surface area contributed by atoms with E-state index in [2.05, 4.69) is 38.0 Å². The minimum Gasteiger partial charge on any atom is -0.495 e. The van der Waals surface area contributed by atoms with Gasteiger partial charge in [-0.3, -0.25) is 4.79 Å². The molecule has 0 radical (unpaired) electrons. The summed E-state index contributed by atoms with van der Waals surface area (Å²) in [6.45, 7) is 10.8. The number of benzene rings is 1. The van der Waals surface area contributed by atoms with Crippen LogP contribution < -0.4 is 15.4 Å². The Morgan fingerprint density at radius 3 is 2.65 bits per heavy atom. The molecule has 1 amide bonds. The molecule has 0 aliphatic carbocycles. The van der Waals surface area contributed by atoms with Gasteiger partial charge in [0.05, 0.1) is 19.3 Å². The van der Waals surface area contributed by atoms with E-state index in [0.29, 0.717) is 18.0 Å². The Labute approximate surface area is 121 Å². The van der Waals surface area contributed by atoms with E-state index in [1.165, 1.54) is 0 Å². The lowest BCUT2D eigenvalue weighted by atomic mass is 9.87. The summed E-state index contributed by atoms with van der Waals surface area (Å²) < 4.78 is 5.29. The van der Waals surface area contributed by atoms with Crippen molar-refractivity contribution < 1.29 is 9.53 Å². The largest absolute Gasteiger partial charge is 0.495 e. The molecule has 0 fully saturated rings. The monoisotopic (exact) mass is 276 g/mol. The Balaban J connectivity index is 2.86. The van der Waals surface area contributed by atoms with Crippen molar-refractivity contribution in [2.75, 3.05) is 25.5 Å². The Morgan fingerprint density at radius 1 is 1.40 bits per heavy atom. The van der Waals surface area contributed by atoms with Crippen LogP contribution in [0.1, 0.15) is 26.3 Å². The minimum absolute atomic E-state index is 0.0207. The maximum Gasteiger partial charge on any atom is 0.238 e. The van der Waals surface area contributed by atoms with Crippen molar-refractivity contribution in [2.45, 2.75) is 26.2 Å². The van der Waals surface area contributed by atoms with Crippen LogP contribution >= 0.6 is 0 Å². The Morgan fingerprint density at radius 2 is 2.10 bits per heavy atom. The number of ether oxygens (including phenoxy) is 1. The number of anilines is 1. The van der Waals surface area contributed by atoms with Gasteiger partial charge >= 0.3 is 0 Å². The summed E-state index contributed by atoms with van der Waals surface area (Å²) in [5.41, 5.74) is 1.87. The average Bonchev–Trinajstić information content (AvgIpc) is 2.38. The van der Waals surface area contributed by atoms with Gasteiger partial charge in [0.1, 0.15) is 5.75 Å². The topological polar surface area (TPSA) is 50.4 Å². The van der Waals surface area contributed by atoms with Gasteiger partial charge in [0.15, 0.2) is 0 Å². The van der Waals surface area contributed by atoms with Crippen molar-refractivity contribution in [3.8, 4) is 5.75 Å². The van der Waals surface area contributed by atoms with Crippen molar-refractivity contribution in [2.24, 2.45) is 0 Å². The minimum atomic E-state index is -0.101. The predicted octanol–water partition coefficient (Wildman–Crippen LogP) is 2.71. The van der Waals surface area contributed by atoms with Crippen LogP contribution in [0.5, 0.6) is 5.75 Å². The van der Waals surface area contributed by atoms with Gasteiger partial charge in [-0.1, -0.05) is 32.9 Å². The first-order chi connectivity index (χ1) is 9.38. The fourth-order valence-corrected chi connectivity index (χ4v) is 1.75. The highest BCUT2D eigenvalue weighted by molar-refractivity contribution is 5.93. The second-order valence-corrected chi connectivity index (χ2v) is 5.63. The third-order valence-corrected chi connectivity index (χ3v) is 2.91. The first kappa shape index (κ1) is 16.2. The van der Waals surface area contributed by atoms with Gasteiger partial charge in [0.25, 0.3) is 0 Å². The highest BCUT2D eigenvalue weighted by Crippen LogP contribution is 2.31. The lowest BCUT2D eigenvalue weighted by molar-refractivity contribution is -0.115. The van der Waals surface area contributed by atoms with Gasteiger partial charge < -0.3 is 15.4 Å². The summed E-state index contributed by atoms with van der Waals surface area (Å²) in [5, 5.41) is 5.84. The van der Waals surface area contributed by atoms with Crippen LogP contribution in [0, 0.1) is 0 Å². The molecular formula is C16H24N2O2. The Bertz CT molecular complexity index is 476. The van der Waals surface area contributed by atoms with Crippen molar-refractivity contribution in [1.29, 1.82) is 0 Å². The van der Waals surface area contributed by atoms with Gasteiger partial charge in [-0.25, -0.2) is 0 Å². The molecule has 0 atom stereocenters. The molecule has 1 aromatic carbocycles. The van der Waals surface area contributed by atoms with Crippen LogP contribution in [0.4, 0.5) is 5.69 Å². The van der Waals surface area contributed by atoms with Crippen LogP contribution in [0.15, 0.2) is 30.9 Å². The molecule has 0 aliphatic rings. The number of amides is 1. The number of methoxy groups -OCH3 is 1. The SMILES string of the molecule is C=CCNCC(=O)Nc1cc(C(C)(C)C)ccc1OC. The number of hydrogen-bond donors (Lipinski definition) is 2. The Hall–Kier alpha value is -1.81. The molecule has 0 aliphatic heterocycles. The molecule has 20 heavy (non-hydrogen) atoms. The molecule has 4 nitrogen and oxygen atoms in total. The summed E-state index contributed by atoms with van der Waals surface area (Å²) in [7, 11) is 1.59. The second-order valence-electron chi connectivity index (χ2n) is 5.63. The van der Waals surface area contributed by atoms with E-state index >= 15 is 0 Å². The van der Waals surface area contributed by atoms with Crippen molar-refractivity contribution in [3.63, 3.8) is 0 Å². The second kappa shape index (κ2) is 7.10. The van der Waals surface area contributed by atoms with Crippen LogP contribution in [0.2, 0.25) is 0 Å². The third-order valence-electron chi connectivity index (χ3n) is 2.91. The summed E-state index contributed by atoms with van der Waals surface area (Å²) >= 11 is 0. The van der Waals surface area contributed by atoms with Gasteiger partial charge in [0, 0.05) is 6.54 Å². The zero-order valence-electron chi connectivity index (χ0n) is 12.7. The molecule has 1 aromatic rings. The average molecular weight is 276 g/mol. The van der Waals surface area contributed by atoms with Crippen molar-refractivity contribution in [1.82, 2.24) is 5.32 Å². The molecule has 4 heteroatoms. The first-order valence-corrected chi connectivity index (χ1v) is 6.68. The molecular weight excluding hydrogens is 252 g/mol. The quantitative estimate of drug-likeness (QED) is 0.620. The van der Waals surface area contributed by atoms with Gasteiger partial charge in [0.2, 0.25) is 5.91 Å². The lowest BCUT2D eigenvalue weighted by Gasteiger charge is -2.21. The molecule has 0 spiro atoms. The summed E-state index contributed by atoms with van der Waals surface area (Å²) in [6, 6.07) is 5.86. The highest BCUT2D eigenvalue weighted by Gasteiger charge is 2.16. The molecule has 0 heterocycles. The van der Waals surface area contributed by atoms with Crippen molar-refractivity contribution >= 4 is 11.6 Å². The summed E-state index contributed by atoms with van der Waals surface area (Å²) in [5.74, 6) is 0.561. The molecule has 110 valence electrons. The molecule has 0 saturated carbocycles. The van der Waals surface area contributed by atoms with Crippen molar-refractivity contribution in [3.05, 3.63) is 36.4 Å². The van der Waals surface area contributed by atoms with E-state index < -0.39 is 0 Å². The summed E-state index contributed by atoms with van der Waals surface area (Å²) in [4.78, 5) is 11.9. The number of carbonyl (C=O) groups excluding carboxylic acids is 1. The maximum atomic E-state index is 11.9. The predicted molar refractivity (Wildman–Crippen MR) is 83.4 cm³/mol. The highest BCUT2D eigenvalue weighted by atomic mass is 16.5. The zero-order valence-corrected chi connectivity index (χ0v) is 12.7. The molecule has 2 N–H and O–H groups in total. The normalized spacial score (nSPS) is 11.0. The van der Waals surface area contributed by atoms with Gasteiger partial charge in [-0.2, -0.15) is 0 Å². The van der Waals surface area contributed by atoms with E-state index in [1.54, 1.807) is 13.2 Å². The first-order valence-electron chi connectivity index (χ1n) is 6.68. The van der Waals surface area contributed by atoms with E-state index in [4.69, 9.17) is 4.74 Å². The van der Waals surface area contributed by atoms with E-state index in [0.717, 1.165) is 5.56 Å². The number of rotatable bonds is 6.